The average Bonchev–Trinajstić information content (AvgIpc) is 3.03. The van der Waals surface area contributed by atoms with Crippen molar-refractivity contribution in [3.05, 3.63) is 44.0 Å². The van der Waals surface area contributed by atoms with E-state index >= 15 is 0 Å². The Morgan fingerprint density at radius 3 is 1.47 bits per heavy atom. The molecule has 3 heterocycles. The lowest BCUT2D eigenvalue weighted by atomic mass is 11.0. The molecule has 10 heteroatoms. The molecule has 3 rings (SSSR count). The summed E-state index contributed by atoms with van der Waals surface area (Å²) in [5, 5.41) is 23.3. The second kappa shape index (κ2) is 9.64. The molecule has 0 atom stereocenters. The third-order valence-electron chi connectivity index (χ3n) is 1.09. The number of rotatable bonds is 0. The molecule has 0 unspecified atom stereocenters. The zero-order chi connectivity index (χ0) is 12.0. The molecule has 0 aromatic carbocycles. The highest BCUT2D eigenvalue weighted by atomic mass is 15.3. The number of H-pyrrole nitrogens is 1. The lowest BCUT2D eigenvalue weighted by Gasteiger charge is -1.68. The molecular formula is C7H8N10. The van der Waals surface area contributed by atoms with Crippen molar-refractivity contribution >= 4 is 0 Å². The summed E-state index contributed by atoms with van der Waals surface area (Å²) in [5.74, 6) is 0. The first kappa shape index (κ1) is 12.2. The first-order chi connectivity index (χ1) is 8.50. The molecule has 0 spiro atoms. The van der Waals surface area contributed by atoms with Gasteiger partial charge in [-0.1, -0.05) is 0 Å². The molecule has 10 nitrogen and oxygen atoms in total. The van der Waals surface area contributed by atoms with Crippen molar-refractivity contribution in [1.29, 1.82) is 0 Å². The second-order valence-electron chi connectivity index (χ2n) is 2.15. The van der Waals surface area contributed by atoms with Crippen LogP contribution >= 0.6 is 0 Å². The molecule has 0 radical (unpaired) electrons. The quantitative estimate of drug-likeness (QED) is 0.515. The van der Waals surface area contributed by atoms with Gasteiger partial charge in [-0.05, 0) is 5.21 Å². The van der Waals surface area contributed by atoms with Crippen LogP contribution in [-0.4, -0.2) is 50.8 Å². The van der Waals surface area contributed by atoms with Gasteiger partial charge in [-0.25, -0.2) is 9.97 Å². The van der Waals surface area contributed by atoms with Crippen LogP contribution in [0, 0.1) is 0 Å². The molecule has 1 N–H and O–H groups in total. The third kappa shape index (κ3) is 8.11. The van der Waals surface area contributed by atoms with Crippen LogP contribution in [0.1, 0.15) is 0 Å². The van der Waals surface area contributed by atoms with E-state index in [1.165, 1.54) is 25.3 Å². The van der Waals surface area contributed by atoms with Crippen LogP contribution < -0.4 is 0 Å². The van der Waals surface area contributed by atoms with E-state index in [1.807, 2.05) is 0 Å². The number of nitrogens with zero attached hydrogens (tertiary/aromatic N) is 9. The van der Waals surface area contributed by atoms with Crippen molar-refractivity contribution in [1.82, 2.24) is 50.8 Å². The standard InChI is InChI=1S/C3H4N2.2C2H2N4/c1-2-5-3-4-1;1-3-5-2-6-4-1;1-3-2-5-6-4-1/h1-3H,(H,4,5);2*1-2H. The van der Waals surface area contributed by atoms with Crippen LogP contribution in [0.2, 0.25) is 0 Å². The van der Waals surface area contributed by atoms with Gasteiger partial charge in [0, 0.05) is 12.4 Å². The number of hydrogen-bond donors (Lipinski definition) is 1. The highest BCUT2D eigenvalue weighted by Crippen LogP contribution is 1.62. The Balaban J connectivity index is 0.000000128. The predicted octanol–water partition coefficient (Wildman–Crippen LogP) is -1.06. The van der Waals surface area contributed by atoms with Crippen LogP contribution in [-0.2, 0) is 0 Å². The fourth-order valence-corrected chi connectivity index (χ4v) is 0.546. The minimum Gasteiger partial charge on any atom is -0.351 e. The van der Waals surface area contributed by atoms with Crippen molar-refractivity contribution in [3.63, 3.8) is 0 Å². The Bertz CT molecular complexity index is 327. The van der Waals surface area contributed by atoms with E-state index in [9.17, 15) is 0 Å². The topological polar surface area (TPSA) is 132 Å². The van der Waals surface area contributed by atoms with Gasteiger partial charge in [0.15, 0.2) is 12.7 Å². The minimum atomic E-state index is 1.28. The fraction of sp³-hybridized carbons (Fsp3) is 0. The molecule has 17 heavy (non-hydrogen) atoms. The van der Waals surface area contributed by atoms with Crippen LogP contribution in [0.3, 0.4) is 0 Å². The van der Waals surface area contributed by atoms with E-state index in [0.717, 1.165) is 0 Å². The normalized spacial score (nSPS) is 8.00. The first-order valence-corrected chi connectivity index (χ1v) is 4.29. The summed E-state index contributed by atoms with van der Waals surface area (Å²) in [6.07, 6.45) is 10.3. The molecule has 0 aliphatic heterocycles. The second-order valence-corrected chi connectivity index (χ2v) is 2.15. The van der Waals surface area contributed by atoms with Crippen LogP contribution in [0.5, 0.6) is 0 Å². The van der Waals surface area contributed by atoms with E-state index in [2.05, 4.69) is 50.8 Å². The Morgan fingerprint density at radius 1 is 0.647 bits per heavy atom. The molecule has 86 valence electrons. The van der Waals surface area contributed by atoms with Gasteiger partial charge in [-0.3, -0.25) is 0 Å². The van der Waals surface area contributed by atoms with Crippen molar-refractivity contribution in [3.8, 4) is 0 Å². The summed E-state index contributed by atoms with van der Waals surface area (Å²) in [4.78, 5) is 9.92. The minimum absolute atomic E-state index is 1.28. The van der Waals surface area contributed by atoms with Crippen molar-refractivity contribution in [2.45, 2.75) is 0 Å². The molecule has 3 aromatic heterocycles. The summed E-state index contributed by atoms with van der Waals surface area (Å²) >= 11 is 0. The third-order valence-corrected chi connectivity index (χ3v) is 1.09. The van der Waals surface area contributed by atoms with E-state index in [1.54, 1.807) is 18.7 Å². The zero-order valence-corrected chi connectivity index (χ0v) is 8.57. The van der Waals surface area contributed by atoms with Gasteiger partial charge >= 0.3 is 0 Å². The molecule has 0 aliphatic carbocycles. The van der Waals surface area contributed by atoms with Gasteiger partial charge < -0.3 is 4.98 Å². The van der Waals surface area contributed by atoms with Gasteiger partial charge in [0.2, 0.25) is 0 Å². The van der Waals surface area contributed by atoms with Crippen molar-refractivity contribution in [2.75, 3.05) is 0 Å². The Kier molecular flexibility index (Phi) is 6.89. The number of hydrogen-bond acceptors (Lipinski definition) is 9. The zero-order valence-electron chi connectivity index (χ0n) is 8.57. The van der Waals surface area contributed by atoms with Crippen molar-refractivity contribution < 1.29 is 0 Å². The molecule has 3 aromatic rings. The summed E-state index contributed by atoms with van der Waals surface area (Å²) in [6, 6.07) is 0. The Morgan fingerprint density at radius 2 is 1.29 bits per heavy atom. The van der Waals surface area contributed by atoms with Gasteiger partial charge in [-0.2, -0.15) is 0 Å². The number of imidazole rings is 1. The maximum absolute atomic E-state index is 3.67. The van der Waals surface area contributed by atoms with Crippen LogP contribution in [0.25, 0.3) is 0 Å². The van der Waals surface area contributed by atoms with E-state index in [4.69, 9.17) is 0 Å². The first-order valence-electron chi connectivity index (χ1n) is 4.29. The SMILES string of the molecule is c1c[nH]cn1.c1ncnnn1.c1nncnn1. The maximum atomic E-state index is 3.67. The highest BCUT2D eigenvalue weighted by Gasteiger charge is 1.61. The lowest BCUT2D eigenvalue weighted by molar-refractivity contribution is 0.817. The molecule has 0 bridgehead atoms. The summed E-state index contributed by atoms with van der Waals surface area (Å²) in [5.41, 5.74) is 0. The molecular weight excluding hydrogens is 224 g/mol. The largest absolute Gasteiger partial charge is 0.351 e. The monoisotopic (exact) mass is 232 g/mol. The molecule has 0 saturated heterocycles. The summed E-state index contributed by atoms with van der Waals surface area (Å²) in [7, 11) is 0. The van der Waals surface area contributed by atoms with Gasteiger partial charge in [0.05, 0.1) is 6.33 Å². The average molecular weight is 232 g/mol. The summed E-state index contributed by atoms with van der Waals surface area (Å²) in [6.45, 7) is 0. The molecule has 0 saturated carbocycles. The van der Waals surface area contributed by atoms with Crippen LogP contribution in [0.15, 0.2) is 44.0 Å². The highest BCUT2D eigenvalue weighted by molar-refractivity contribution is 4.64. The fourth-order valence-electron chi connectivity index (χ4n) is 0.546. The molecule has 0 amide bonds. The number of nitrogens with one attached hydrogen (secondary N) is 1. The number of aromatic nitrogens is 10. The molecule has 0 aliphatic rings. The van der Waals surface area contributed by atoms with Crippen LogP contribution in [0.4, 0.5) is 0 Å². The van der Waals surface area contributed by atoms with Gasteiger partial charge in [0.25, 0.3) is 0 Å². The van der Waals surface area contributed by atoms with Gasteiger partial charge in [-0.15, -0.1) is 30.6 Å². The Hall–Kier alpha value is -2.91. The van der Waals surface area contributed by atoms with Crippen molar-refractivity contribution in [2.24, 2.45) is 0 Å². The predicted molar refractivity (Wildman–Crippen MR) is 53.8 cm³/mol. The summed E-state index contributed by atoms with van der Waals surface area (Å²) < 4.78 is 0. The van der Waals surface area contributed by atoms with E-state index < -0.39 is 0 Å². The smallest absolute Gasteiger partial charge is 0.160 e. The molecule has 0 fully saturated rings. The van der Waals surface area contributed by atoms with E-state index in [-0.39, 0.29) is 0 Å². The maximum Gasteiger partial charge on any atom is 0.160 e. The number of aromatic amines is 1. The van der Waals surface area contributed by atoms with Gasteiger partial charge in [0.1, 0.15) is 12.7 Å². The van der Waals surface area contributed by atoms with E-state index in [0.29, 0.717) is 0 Å². The lowest BCUT2D eigenvalue weighted by Crippen LogP contribution is -1.82. The Labute approximate surface area is 95.6 Å².